The topological polar surface area (TPSA) is 87.3 Å². The van der Waals surface area contributed by atoms with Gasteiger partial charge in [-0.15, -0.1) is 0 Å². The Morgan fingerprint density at radius 3 is 2.30 bits per heavy atom. The van der Waals surface area contributed by atoms with Crippen molar-refractivity contribution in [2.45, 2.75) is 13.0 Å². The van der Waals surface area contributed by atoms with E-state index in [1.165, 1.54) is 0 Å². The molecule has 0 aliphatic carbocycles. The van der Waals surface area contributed by atoms with Gasteiger partial charge in [0.15, 0.2) is 0 Å². The van der Waals surface area contributed by atoms with Crippen LogP contribution < -0.4 is 15.4 Å². The van der Waals surface area contributed by atoms with E-state index in [0.717, 1.165) is 11.8 Å². The summed E-state index contributed by atoms with van der Waals surface area (Å²) in [5.41, 5.74) is 1.95. The van der Waals surface area contributed by atoms with Crippen molar-refractivity contribution in [2.75, 3.05) is 16.3 Å². The Balaban J connectivity index is 2.01. The fourth-order valence-electron chi connectivity index (χ4n) is 2.05. The minimum atomic E-state index is -3.33. The van der Waals surface area contributed by atoms with Crippen LogP contribution in [0.1, 0.15) is 18.5 Å². The van der Waals surface area contributed by atoms with Crippen LogP contribution in [0.25, 0.3) is 0 Å². The van der Waals surface area contributed by atoms with Crippen molar-refractivity contribution in [3.05, 3.63) is 60.2 Å². The molecule has 0 bridgehead atoms. The molecule has 2 aromatic carbocycles. The zero-order valence-corrected chi connectivity index (χ0v) is 13.7. The van der Waals surface area contributed by atoms with Crippen molar-refractivity contribution in [3.8, 4) is 0 Å². The highest BCUT2D eigenvalue weighted by Gasteiger charge is 2.11. The number of urea groups is 1. The summed E-state index contributed by atoms with van der Waals surface area (Å²) in [5, 5.41) is 5.54. The lowest BCUT2D eigenvalue weighted by Gasteiger charge is -2.16. The summed E-state index contributed by atoms with van der Waals surface area (Å²) in [6, 6.07) is 15.4. The number of rotatable bonds is 5. The standard InChI is InChI=1S/C16H19N3O3S/c1-12(17-16(20)18-14-8-4-3-5-9-14)13-7-6-10-15(11-13)19-23(2,21)22/h3-12,19H,1-2H3,(H2,17,18,20). The molecule has 0 spiro atoms. The van der Waals surface area contributed by atoms with Crippen LogP contribution in [-0.2, 0) is 10.0 Å². The number of hydrogen-bond donors (Lipinski definition) is 3. The molecule has 6 nitrogen and oxygen atoms in total. The molecule has 0 aliphatic heterocycles. The third-order valence-electron chi connectivity index (χ3n) is 3.07. The minimum absolute atomic E-state index is 0.278. The summed E-state index contributed by atoms with van der Waals surface area (Å²) in [5.74, 6) is 0. The summed E-state index contributed by atoms with van der Waals surface area (Å²) in [6.07, 6.45) is 1.09. The first-order valence-corrected chi connectivity index (χ1v) is 8.93. The van der Waals surface area contributed by atoms with Crippen molar-refractivity contribution in [2.24, 2.45) is 0 Å². The molecule has 0 aliphatic rings. The van der Waals surface area contributed by atoms with Crippen LogP contribution in [0.5, 0.6) is 0 Å². The quantitative estimate of drug-likeness (QED) is 0.786. The van der Waals surface area contributed by atoms with E-state index in [0.29, 0.717) is 11.4 Å². The summed E-state index contributed by atoms with van der Waals surface area (Å²) in [7, 11) is -3.33. The van der Waals surface area contributed by atoms with E-state index in [2.05, 4.69) is 15.4 Å². The van der Waals surface area contributed by atoms with Crippen LogP contribution in [0.15, 0.2) is 54.6 Å². The van der Waals surface area contributed by atoms with Crippen molar-refractivity contribution in [1.82, 2.24) is 5.32 Å². The first-order valence-electron chi connectivity index (χ1n) is 7.04. The van der Waals surface area contributed by atoms with E-state index < -0.39 is 10.0 Å². The predicted octanol–water partition coefficient (Wildman–Crippen LogP) is 2.94. The van der Waals surface area contributed by atoms with Crippen LogP contribution in [0.3, 0.4) is 0 Å². The number of benzene rings is 2. The second-order valence-electron chi connectivity index (χ2n) is 5.19. The van der Waals surface area contributed by atoms with Gasteiger partial charge in [-0.1, -0.05) is 30.3 Å². The van der Waals surface area contributed by atoms with Gasteiger partial charge in [-0.2, -0.15) is 0 Å². The van der Waals surface area contributed by atoms with E-state index in [1.807, 2.05) is 31.2 Å². The highest BCUT2D eigenvalue weighted by Crippen LogP contribution is 2.18. The summed E-state index contributed by atoms with van der Waals surface area (Å²) in [4.78, 5) is 12.0. The zero-order valence-electron chi connectivity index (χ0n) is 12.9. The van der Waals surface area contributed by atoms with Gasteiger partial charge in [-0.3, -0.25) is 4.72 Å². The van der Waals surface area contributed by atoms with Gasteiger partial charge in [0, 0.05) is 11.4 Å². The maximum absolute atomic E-state index is 12.0. The second kappa shape index (κ2) is 7.15. The maximum Gasteiger partial charge on any atom is 0.319 e. The smallest absolute Gasteiger partial charge is 0.319 e. The summed E-state index contributed by atoms with van der Waals surface area (Å²) >= 11 is 0. The highest BCUT2D eigenvalue weighted by molar-refractivity contribution is 7.92. The Morgan fingerprint density at radius 1 is 1.00 bits per heavy atom. The minimum Gasteiger partial charge on any atom is -0.331 e. The number of amides is 2. The average Bonchev–Trinajstić information content (AvgIpc) is 2.46. The van der Waals surface area contributed by atoms with E-state index in [-0.39, 0.29) is 12.1 Å². The van der Waals surface area contributed by atoms with E-state index >= 15 is 0 Å². The Bertz CT molecular complexity index is 776. The Kier molecular flexibility index (Phi) is 5.23. The van der Waals surface area contributed by atoms with Crippen LogP contribution in [-0.4, -0.2) is 20.7 Å². The van der Waals surface area contributed by atoms with Crippen molar-refractivity contribution >= 4 is 27.4 Å². The summed E-state index contributed by atoms with van der Waals surface area (Å²) in [6.45, 7) is 1.82. The van der Waals surface area contributed by atoms with E-state index in [9.17, 15) is 13.2 Å². The molecule has 0 saturated carbocycles. The predicted molar refractivity (Wildman–Crippen MR) is 91.9 cm³/mol. The van der Waals surface area contributed by atoms with Gasteiger partial charge in [0.05, 0.1) is 12.3 Å². The number of nitrogens with one attached hydrogen (secondary N) is 3. The van der Waals surface area contributed by atoms with Crippen LogP contribution in [0.2, 0.25) is 0 Å². The largest absolute Gasteiger partial charge is 0.331 e. The number of hydrogen-bond acceptors (Lipinski definition) is 3. The maximum atomic E-state index is 12.0. The Hall–Kier alpha value is -2.54. The molecule has 1 atom stereocenters. The van der Waals surface area contributed by atoms with Gasteiger partial charge in [-0.05, 0) is 36.8 Å². The molecule has 3 N–H and O–H groups in total. The highest BCUT2D eigenvalue weighted by atomic mass is 32.2. The molecular formula is C16H19N3O3S. The van der Waals surface area contributed by atoms with Gasteiger partial charge >= 0.3 is 6.03 Å². The van der Waals surface area contributed by atoms with Crippen LogP contribution in [0, 0.1) is 0 Å². The molecule has 0 heterocycles. The number of para-hydroxylation sites is 1. The number of carbonyl (C=O) groups is 1. The number of sulfonamides is 1. The Morgan fingerprint density at radius 2 is 1.65 bits per heavy atom. The molecule has 0 fully saturated rings. The fourth-order valence-corrected chi connectivity index (χ4v) is 2.61. The van der Waals surface area contributed by atoms with Crippen LogP contribution >= 0.6 is 0 Å². The third-order valence-corrected chi connectivity index (χ3v) is 3.68. The third kappa shape index (κ3) is 5.63. The normalized spacial score (nSPS) is 12.3. The molecule has 0 saturated heterocycles. The summed E-state index contributed by atoms with van der Waals surface area (Å²) < 4.78 is 25.0. The van der Waals surface area contributed by atoms with Crippen LogP contribution in [0.4, 0.5) is 16.2 Å². The lowest BCUT2D eigenvalue weighted by atomic mass is 10.1. The van der Waals surface area contributed by atoms with Crippen molar-refractivity contribution in [3.63, 3.8) is 0 Å². The van der Waals surface area contributed by atoms with Crippen molar-refractivity contribution in [1.29, 1.82) is 0 Å². The lowest BCUT2D eigenvalue weighted by molar-refractivity contribution is 0.249. The second-order valence-corrected chi connectivity index (χ2v) is 6.93. The molecular weight excluding hydrogens is 314 g/mol. The van der Waals surface area contributed by atoms with Gasteiger partial charge in [0.2, 0.25) is 10.0 Å². The Labute approximate surface area is 136 Å². The van der Waals surface area contributed by atoms with E-state index in [4.69, 9.17) is 0 Å². The lowest BCUT2D eigenvalue weighted by Crippen LogP contribution is -2.31. The SMILES string of the molecule is CC(NC(=O)Nc1ccccc1)c1cccc(NS(C)(=O)=O)c1. The number of anilines is 2. The van der Waals surface area contributed by atoms with Gasteiger partial charge < -0.3 is 10.6 Å². The molecule has 7 heteroatoms. The first-order chi connectivity index (χ1) is 10.8. The molecule has 23 heavy (non-hydrogen) atoms. The molecule has 2 aromatic rings. The molecule has 1 unspecified atom stereocenters. The monoisotopic (exact) mass is 333 g/mol. The molecule has 2 amide bonds. The van der Waals surface area contributed by atoms with Gasteiger partial charge in [0.1, 0.15) is 0 Å². The molecule has 0 radical (unpaired) electrons. The molecule has 122 valence electrons. The average molecular weight is 333 g/mol. The van der Waals surface area contributed by atoms with Gasteiger partial charge in [0.25, 0.3) is 0 Å². The number of carbonyl (C=O) groups excluding carboxylic acids is 1. The molecule has 0 aromatic heterocycles. The van der Waals surface area contributed by atoms with Crippen molar-refractivity contribution < 1.29 is 13.2 Å². The first kappa shape index (κ1) is 16.8. The molecule has 2 rings (SSSR count). The fraction of sp³-hybridized carbons (Fsp3) is 0.188. The van der Waals surface area contributed by atoms with Gasteiger partial charge in [-0.25, -0.2) is 13.2 Å². The zero-order chi connectivity index (χ0) is 16.9. The van der Waals surface area contributed by atoms with E-state index in [1.54, 1.807) is 30.3 Å².